The second-order valence-electron chi connectivity index (χ2n) is 4.83. The molecule has 0 aliphatic carbocycles. The van der Waals surface area contributed by atoms with E-state index in [1.165, 1.54) is 0 Å². The molecule has 2 N–H and O–H groups in total. The normalized spacial score (nSPS) is 8.81. The number of hydrogen-bond donors (Lipinski definition) is 2. The number of carboxylic acids is 6. The summed E-state index contributed by atoms with van der Waals surface area (Å²) in [5.74, 6) is -12.0. The fraction of sp³-hybridized carbons (Fsp3) is 0.500. The second kappa shape index (κ2) is 26.8. The molecule has 0 saturated carbocycles. The molecule has 0 fully saturated rings. The van der Waals surface area contributed by atoms with Crippen LogP contribution in [0.5, 0.6) is 0 Å². The minimum atomic E-state index is -2.97. The molecule has 0 aromatic carbocycles. The van der Waals surface area contributed by atoms with E-state index >= 15 is 0 Å². The van der Waals surface area contributed by atoms with E-state index < -0.39 is 72.7 Å². The van der Waals surface area contributed by atoms with Crippen molar-refractivity contribution in [2.24, 2.45) is 0 Å². The molecule has 0 rings (SSSR count). The molecular weight excluding hydrogens is 506 g/mol. The van der Waals surface area contributed by atoms with Crippen molar-refractivity contribution >= 4 is 35.8 Å². The molecule has 14 nitrogen and oxygen atoms in total. The summed E-state index contributed by atoms with van der Waals surface area (Å²) in [6.45, 7) is 0. The van der Waals surface area contributed by atoms with Crippen LogP contribution in [0.15, 0.2) is 0 Å². The van der Waals surface area contributed by atoms with Crippen LogP contribution in [0.1, 0.15) is 25.7 Å². The Morgan fingerprint density at radius 2 is 0.562 bits per heavy atom. The Morgan fingerprint density at radius 3 is 0.625 bits per heavy atom. The first-order valence-electron chi connectivity index (χ1n) is 6.23. The van der Waals surface area contributed by atoms with E-state index in [0.29, 0.717) is 0 Å². The third kappa shape index (κ3) is 27.3. The van der Waals surface area contributed by atoms with Gasteiger partial charge in [-0.15, -0.1) is 0 Å². The Bertz CT molecular complexity index is 529. The molecule has 0 saturated heterocycles. The Balaban J connectivity index is -0.0000000505. The van der Waals surface area contributed by atoms with Crippen molar-refractivity contribution in [2.45, 2.75) is 36.9 Å². The van der Waals surface area contributed by atoms with Crippen molar-refractivity contribution in [2.75, 3.05) is 0 Å². The van der Waals surface area contributed by atoms with Gasteiger partial charge in [-0.05, 0) is 0 Å². The number of aliphatic carboxylic acids is 6. The molecule has 0 aromatic rings. The SMILES string of the molecule is O=C([O-])CC(O)(CC(=O)[O-])C(=O)[O-].O=C([O-])CC(O)(CC(=O)[O-])C(=O)[O-].[Na+].[Na+].[Na+].[Na+].[Na+].[Na+]. The van der Waals surface area contributed by atoms with Gasteiger partial charge in [0.25, 0.3) is 0 Å². The summed E-state index contributed by atoms with van der Waals surface area (Å²) in [6.07, 6.45) is -5.43. The van der Waals surface area contributed by atoms with Gasteiger partial charge in [0.15, 0.2) is 0 Å². The topological polar surface area (TPSA) is 281 Å². The fourth-order valence-electron chi connectivity index (χ4n) is 1.37. The molecule has 0 bridgehead atoms. The van der Waals surface area contributed by atoms with Gasteiger partial charge < -0.3 is 69.6 Å². The third-order valence-electron chi connectivity index (χ3n) is 2.51. The summed E-state index contributed by atoms with van der Waals surface area (Å²) in [7, 11) is 0. The molecule has 0 aliphatic rings. The fourth-order valence-corrected chi connectivity index (χ4v) is 1.37. The van der Waals surface area contributed by atoms with Crippen LogP contribution < -0.4 is 208 Å². The van der Waals surface area contributed by atoms with Gasteiger partial charge in [0, 0.05) is 49.6 Å². The first-order valence-corrected chi connectivity index (χ1v) is 6.23. The van der Waals surface area contributed by atoms with Crippen LogP contribution in [0, 0.1) is 0 Å². The Hall–Kier alpha value is 2.74. The molecule has 20 heteroatoms. The molecular formula is C12H10Na6O14. The first kappa shape index (κ1) is 55.3. The minimum absolute atomic E-state index is 0. The van der Waals surface area contributed by atoms with Crippen molar-refractivity contribution in [3.8, 4) is 0 Å². The zero-order valence-corrected chi connectivity index (χ0v) is 30.6. The number of carbonyl (C=O) groups is 6. The van der Waals surface area contributed by atoms with E-state index in [1.807, 2.05) is 0 Å². The molecule has 0 unspecified atom stereocenters. The molecule has 0 aromatic heterocycles. The first-order chi connectivity index (χ1) is 11.6. The van der Waals surface area contributed by atoms with Gasteiger partial charge >= 0.3 is 177 Å². The van der Waals surface area contributed by atoms with E-state index in [9.17, 15) is 59.4 Å². The maximum absolute atomic E-state index is 10.1. The quantitative estimate of drug-likeness (QED) is 0.255. The van der Waals surface area contributed by atoms with E-state index in [1.54, 1.807) is 0 Å². The maximum atomic E-state index is 10.1. The minimum Gasteiger partial charge on any atom is -0.550 e. The number of aliphatic hydroxyl groups is 2. The standard InChI is InChI=1S/2C6H8O7.6Na/c2*7-3(8)1-6(13,5(11)12)2-4(9)10;;;;;;/h2*13H,1-2H2,(H,7,8)(H,9,10)(H,11,12);;;;;;/q;;6*+1/p-6. The number of carboxylic acid groups (broad SMARTS) is 6. The molecule has 0 spiro atoms. The van der Waals surface area contributed by atoms with Gasteiger partial charge in [-0.2, -0.15) is 0 Å². The average molecular weight is 516 g/mol. The molecule has 0 aliphatic heterocycles. The van der Waals surface area contributed by atoms with Crippen molar-refractivity contribution in [3.05, 3.63) is 0 Å². The van der Waals surface area contributed by atoms with Gasteiger partial charge in [0.05, 0.1) is 11.9 Å². The zero-order chi connectivity index (χ0) is 21.3. The van der Waals surface area contributed by atoms with Crippen molar-refractivity contribution in [3.63, 3.8) is 0 Å². The number of carbonyl (C=O) groups excluding carboxylic acids is 6. The summed E-state index contributed by atoms with van der Waals surface area (Å²) in [5.41, 5.74) is -5.95. The second-order valence-corrected chi connectivity index (χ2v) is 4.83. The summed E-state index contributed by atoms with van der Waals surface area (Å²) >= 11 is 0. The zero-order valence-electron chi connectivity index (χ0n) is 18.6. The number of hydrogen-bond acceptors (Lipinski definition) is 14. The molecule has 0 heterocycles. The predicted octanol–water partition coefficient (Wildman–Crippen LogP) is -28.5. The summed E-state index contributed by atoms with van der Waals surface area (Å²) in [6, 6.07) is 0. The van der Waals surface area contributed by atoms with Crippen LogP contribution >= 0.6 is 0 Å². The molecule has 0 amide bonds. The van der Waals surface area contributed by atoms with Gasteiger partial charge in [-0.3, -0.25) is 0 Å². The molecule has 148 valence electrons. The maximum Gasteiger partial charge on any atom is 1.00 e. The van der Waals surface area contributed by atoms with Crippen LogP contribution in [-0.4, -0.2) is 57.2 Å². The summed E-state index contributed by atoms with van der Waals surface area (Å²) in [5, 5.41) is 77.9. The third-order valence-corrected chi connectivity index (χ3v) is 2.51. The molecule has 0 radical (unpaired) electrons. The Morgan fingerprint density at radius 1 is 0.438 bits per heavy atom. The Kier molecular flexibility index (Phi) is 46.3. The summed E-state index contributed by atoms with van der Waals surface area (Å²) < 4.78 is 0. The largest absolute Gasteiger partial charge is 1.00 e. The average Bonchev–Trinajstić information content (AvgIpc) is 2.34. The summed E-state index contributed by atoms with van der Waals surface area (Å²) in [4.78, 5) is 60.0. The van der Waals surface area contributed by atoms with Gasteiger partial charge in [0.2, 0.25) is 0 Å². The van der Waals surface area contributed by atoms with Gasteiger partial charge in [0.1, 0.15) is 11.2 Å². The molecule has 32 heavy (non-hydrogen) atoms. The molecule has 0 atom stereocenters. The van der Waals surface area contributed by atoms with Gasteiger partial charge in [-0.25, -0.2) is 0 Å². The van der Waals surface area contributed by atoms with E-state index in [0.717, 1.165) is 0 Å². The van der Waals surface area contributed by atoms with Crippen molar-refractivity contribution < 1.29 is 247 Å². The predicted molar refractivity (Wildman–Crippen MR) is 58.4 cm³/mol. The number of rotatable bonds is 10. The van der Waals surface area contributed by atoms with Crippen molar-refractivity contribution in [1.29, 1.82) is 0 Å². The van der Waals surface area contributed by atoms with Crippen LogP contribution in [-0.2, 0) is 28.8 Å². The Labute approximate surface area is 314 Å². The monoisotopic (exact) mass is 516 g/mol. The van der Waals surface area contributed by atoms with E-state index in [2.05, 4.69) is 0 Å². The van der Waals surface area contributed by atoms with Gasteiger partial charge in [-0.1, -0.05) is 0 Å². The smallest absolute Gasteiger partial charge is 0.550 e. The van der Waals surface area contributed by atoms with Crippen LogP contribution in [0.4, 0.5) is 0 Å². The van der Waals surface area contributed by atoms with E-state index in [-0.39, 0.29) is 177 Å². The van der Waals surface area contributed by atoms with E-state index in [4.69, 9.17) is 10.2 Å². The van der Waals surface area contributed by atoms with Crippen LogP contribution in [0.25, 0.3) is 0 Å². The van der Waals surface area contributed by atoms with Crippen molar-refractivity contribution in [1.82, 2.24) is 0 Å². The van der Waals surface area contributed by atoms with Crippen LogP contribution in [0.2, 0.25) is 0 Å². The van der Waals surface area contributed by atoms with Crippen LogP contribution in [0.3, 0.4) is 0 Å².